The lowest BCUT2D eigenvalue weighted by atomic mass is 10.1. The molecular weight excluding hydrogens is 309 g/mol. The Hall–Kier alpha value is -2.19. The lowest BCUT2D eigenvalue weighted by Gasteiger charge is -2.26. The maximum absolute atomic E-state index is 12.7. The molecule has 0 radical (unpaired) electrons. The van der Waals surface area contributed by atoms with Gasteiger partial charge in [-0.25, -0.2) is 9.97 Å². The molecule has 9 heteroatoms. The summed E-state index contributed by atoms with van der Waals surface area (Å²) in [5, 5.41) is 11.4. The molecule has 1 atom stereocenters. The van der Waals surface area contributed by atoms with Gasteiger partial charge in [0.25, 0.3) is 0 Å². The van der Waals surface area contributed by atoms with E-state index in [1.165, 1.54) is 0 Å². The Morgan fingerprint density at radius 2 is 2.09 bits per heavy atom. The molecule has 0 saturated heterocycles. The number of nitrogens with one attached hydrogen (secondary N) is 1. The predicted octanol–water partition coefficient (Wildman–Crippen LogP) is 2.64. The fourth-order valence-electron chi connectivity index (χ4n) is 2.66. The van der Waals surface area contributed by atoms with Crippen LogP contribution in [-0.2, 0) is 19.1 Å². The topological polar surface area (TPSA) is 68.5 Å². The second kappa shape index (κ2) is 5.78. The number of nitrogens with zero attached hydrogens (tertiary/aromatic N) is 5. The quantitative estimate of drug-likeness (QED) is 0.939. The smallest absolute Gasteiger partial charge is 0.350 e. The van der Waals surface area contributed by atoms with Crippen LogP contribution >= 0.6 is 0 Å². The zero-order chi connectivity index (χ0) is 16.6. The Bertz CT molecular complexity index is 694. The first kappa shape index (κ1) is 15.7. The van der Waals surface area contributed by atoms with Crippen molar-refractivity contribution in [1.82, 2.24) is 24.7 Å². The first-order chi connectivity index (χ1) is 10.8. The Morgan fingerprint density at radius 3 is 2.78 bits per heavy atom. The van der Waals surface area contributed by atoms with E-state index in [0.29, 0.717) is 6.54 Å². The third kappa shape index (κ3) is 3.27. The molecule has 0 bridgehead atoms. The number of hydrogen-bond donors (Lipinski definition) is 1. The van der Waals surface area contributed by atoms with Crippen molar-refractivity contribution >= 4 is 5.95 Å². The van der Waals surface area contributed by atoms with Gasteiger partial charge in [-0.05, 0) is 12.5 Å². The zero-order valence-electron chi connectivity index (χ0n) is 12.8. The minimum atomic E-state index is -4.47. The molecule has 0 spiro atoms. The van der Waals surface area contributed by atoms with Gasteiger partial charge in [0.2, 0.25) is 5.95 Å². The van der Waals surface area contributed by atoms with Gasteiger partial charge in [0.05, 0.1) is 0 Å². The lowest BCUT2D eigenvalue weighted by molar-refractivity contribution is -0.141. The van der Waals surface area contributed by atoms with Gasteiger partial charge in [-0.2, -0.15) is 13.2 Å². The molecule has 1 aliphatic rings. The normalized spacial score (nSPS) is 18.1. The summed E-state index contributed by atoms with van der Waals surface area (Å²) in [6.45, 7) is 4.66. The molecule has 23 heavy (non-hydrogen) atoms. The predicted molar refractivity (Wildman–Crippen MR) is 76.9 cm³/mol. The third-order valence-electron chi connectivity index (χ3n) is 3.77. The fraction of sp³-hybridized carbons (Fsp3) is 0.571. The second-order valence-corrected chi connectivity index (χ2v) is 5.88. The number of fused-ring (bicyclic) bond motifs is 1. The summed E-state index contributed by atoms with van der Waals surface area (Å²) < 4.78 is 40.1. The second-order valence-electron chi connectivity index (χ2n) is 5.88. The van der Waals surface area contributed by atoms with Gasteiger partial charge in [-0.3, -0.25) is 0 Å². The number of anilines is 1. The van der Waals surface area contributed by atoms with Crippen molar-refractivity contribution < 1.29 is 13.2 Å². The Morgan fingerprint density at radius 1 is 1.30 bits per heavy atom. The molecule has 2 aromatic rings. The zero-order valence-corrected chi connectivity index (χ0v) is 12.8. The van der Waals surface area contributed by atoms with Crippen molar-refractivity contribution in [2.45, 2.75) is 51.4 Å². The standard InChI is InChI=1S/C14H17F3N6/c1-8(2)12-22-21-11-4-3-9(7-23(11)12)19-13-18-6-5-10(20-13)14(15,16)17/h5-6,8-9H,3-4,7H2,1-2H3,(H,18,19,20). The molecule has 124 valence electrons. The van der Waals surface area contributed by atoms with E-state index >= 15 is 0 Å². The van der Waals surface area contributed by atoms with E-state index in [1.54, 1.807) is 0 Å². The van der Waals surface area contributed by atoms with E-state index in [1.807, 2.05) is 18.4 Å². The summed E-state index contributed by atoms with van der Waals surface area (Å²) in [4.78, 5) is 7.44. The average molecular weight is 326 g/mol. The number of aryl methyl sites for hydroxylation is 1. The summed E-state index contributed by atoms with van der Waals surface area (Å²) in [6, 6.07) is 0.806. The van der Waals surface area contributed by atoms with Crippen LogP contribution in [0.2, 0.25) is 0 Å². The summed E-state index contributed by atoms with van der Waals surface area (Å²) in [5.74, 6) is 2.03. The number of aromatic nitrogens is 5. The van der Waals surface area contributed by atoms with E-state index in [9.17, 15) is 13.2 Å². The van der Waals surface area contributed by atoms with E-state index in [0.717, 1.165) is 36.8 Å². The van der Waals surface area contributed by atoms with Gasteiger partial charge in [0, 0.05) is 31.1 Å². The maximum Gasteiger partial charge on any atom is 0.433 e. The van der Waals surface area contributed by atoms with Crippen LogP contribution in [0.5, 0.6) is 0 Å². The van der Waals surface area contributed by atoms with E-state index in [4.69, 9.17) is 0 Å². The summed E-state index contributed by atoms with van der Waals surface area (Å²) >= 11 is 0. The van der Waals surface area contributed by atoms with Gasteiger partial charge in [-0.15, -0.1) is 10.2 Å². The van der Waals surface area contributed by atoms with Crippen LogP contribution in [0.4, 0.5) is 19.1 Å². The molecule has 1 unspecified atom stereocenters. The Labute approximate surface area is 131 Å². The molecule has 0 saturated carbocycles. The monoisotopic (exact) mass is 326 g/mol. The van der Waals surface area contributed by atoms with Crippen molar-refractivity contribution in [3.8, 4) is 0 Å². The third-order valence-corrected chi connectivity index (χ3v) is 3.77. The molecule has 6 nitrogen and oxygen atoms in total. The largest absolute Gasteiger partial charge is 0.433 e. The Kier molecular flexibility index (Phi) is 3.95. The van der Waals surface area contributed by atoms with Crippen molar-refractivity contribution in [1.29, 1.82) is 0 Å². The molecule has 0 amide bonds. The van der Waals surface area contributed by atoms with Gasteiger partial charge in [0.1, 0.15) is 17.3 Å². The van der Waals surface area contributed by atoms with Crippen LogP contribution < -0.4 is 5.32 Å². The van der Waals surface area contributed by atoms with Crippen molar-refractivity contribution in [2.24, 2.45) is 0 Å². The SMILES string of the molecule is CC(C)c1nnc2n1CC(Nc1nccc(C(F)(F)F)n1)CC2. The molecule has 3 heterocycles. The summed E-state index contributed by atoms with van der Waals surface area (Å²) in [6.07, 6.45) is -1.89. The van der Waals surface area contributed by atoms with Crippen molar-refractivity contribution in [3.63, 3.8) is 0 Å². The van der Waals surface area contributed by atoms with Crippen LogP contribution in [0.3, 0.4) is 0 Å². The molecular formula is C14H17F3N6. The minimum Gasteiger partial charge on any atom is -0.350 e. The maximum atomic E-state index is 12.7. The van der Waals surface area contributed by atoms with Crippen LogP contribution in [0.15, 0.2) is 12.3 Å². The first-order valence-corrected chi connectivity index (χ1v) is 7.43. The molecule has 0 aliphatic carbocycles. The lowest BCUT2D eigenvalue weighted by Crippen LogP contribution is -2.33. The highest BCUT2D eigenvalue weighted by Crippen LogP contribution is 2.28. The summed E-state index contributed by atoms with van der Waals surface area (Å²) in [5.41, 5.74) is -0.946. The van der Waals surface area contributed by atoms with Crippen LogP contribution in [-0.4, -0.2) is 30.8 Å². The number of hydrogen-bond acceptors (Lipinski definition) is 5. The van der Waals surface area contributed by atoms with Gasteiger partial charge in [0.15, 0.2) is 0 Å². The highest BCUT2D eigenvalue weighted by molar-refractivity contribution is 5.28. The minimum absolute atomic E-state index is 0.00699. The van der Waals surface area contributed by atoms with E-state index in [-0.39, 0.29) is 17.9 Å². The van der Waals surface area contributed by atoms with Crippen LogP contribution in [0.25, 0.3) is 0 Å². The molecule has 2 aromatic heterocycles. The molecule has 3 rings (SSSR count). The van der Waals surface area contributed by atoms with Crippen LogP contribution in [0.1, 0.15) is 43.5 Å². The van der Waals surface area contributed by atoms with Crippen molar-refractivity contribution in [2.75, 3.05) is 5.32 Å². The number of halogens is 3. The fourth-order valence-corrected chi connectivity index (χ4v) is 2.66. The van der Waals surface area contributed by atoms with Gasteiger partial charge in [-0.1, -0.05) is 13.8 Å². The molecule has 1 aliphatic heterocycles. The molecule has 0 aromatic carbocycles. The highest BCUT2D eigenvalue weighted by Gasteiger charge is 2.33. The number of rotatable bonds is 3. The Balaban J connectivity index is 1.76. The van der Waals surface area contributed by atoms with Gasteiger partial charge < -0.3 is 9.88 Å². The average Bonchev–Trinajstić information content (AvgIpc) is 2.90. The van der Waals surface area contributed by atoms with E-state index in [2.05, 4.69) is 25.5 Å². The van der Waals surface area contributed by atoms with Gasteiger partial charge >= 0.3 is 6.18 Å². The van der Waals surface area contributed by atoms with E-state index < -0.39 is 11.9 Å². The molecule has 1 N–H and O–H groups in total. The van der Waals surface area contributed by atoms with Crippen LogP contribution in [0, 0.1) is 0 Å². The first-order valence-electron chi connectivity index (χ1n) is 7.43. The summed E-state index contributed by atoms with van der Waals surface area (Å²) in [7, 11) is 0. The molecule has 0 fully saturated rings. The van der Waals surface area contributed by atoms with Crippen molar-refractivity contribution in [3.05, 3.63) is 29.6 Å². The highest BCUT2D eigenvalue weighted by atomic mass is 19.4. The number of alkyl halides is 3.